The Hall–Kier alpha value is -4.26. The number of nitrogens with one attached hydrogen (secondary N) is 2. The van der Waals surface area contributed by atoms with E-state index in [1.54, 1.807) is 6.07 Å². The van der Waals surface area contributed by atoms with Gasteiger partial charge in [0.1, 0.15) is 0 Å². The predicted octanol–water partition coefficient (Wildman–Crippen LogP) is 6.06. The van der Waals surface area contributed by atoms with Gasteiger partial charge in [-0.25, -0.2) is 0 Å². The van der Waals surface area contributed by atoms with Gasteiger partial charge in [-0.3, -0.25) is 9.59 Å². The third-order valence-electron chi connectivity index (χ3n) is 7.04. The van der Waals surface area contributed by atoms with Gasteiger partial charge in [-0.15, -0.1) is 0 Å². The zero-order chi connectivity index (χ0) is 26.8. The number of esters is 1. The summed E-state index contributed by atoms with van der Waals surface area (Å²) in [5, 5.41) is 7.19. The minimum atomic E-state index is -0.415. The zero-order valence-corrected chi connectivity index (χ0v) is 22.2. The van der Waals surface area contributed by atoms with Crippen LogP contribution in [0.5, 0.6) is 11.5 Å². The standard InChI is InChI=1S/C31H33N3O4/c1-5-37-29-18-21(12-15-28(29)38-19(2)35)31-30-26(32-24-8-6-7-9-25(24)33-31)16-22(17-27(30)36)20-10-13-23(14-11-20)34(3)4/h6-15,18,22,31-33H,5,16-17H2,1-4H3. The fraction of sp³-hybridized carbons (Fsp3) is 0.290. The number of carbonyl (C=O) groups excluding carboxylic acids is 2. The maximum Gasteiger partial charge on any atom is 0.308 e. The number of carbonyl (C=O) groups is 2. The maximum atomic E-state index is 13.9. The molecule has 7 nitrogen and oxygen atoms in total. The monoisotopic (exact) mass is 511 g/mol. The molecule has 5 rings (SSSR count). The summed E-state index contributed by atoms with van der Waals surface area (Å²) in [6.45, 7) is 3.66. The molecule has 2 atom stereocenters. The molecule has 1 heterocycles. The number of allylic oxidation sites excluding steroid dienone is 1. The summed E-state index contributed by atoms with van der Waals surface area (Å²) in [5.74, 6) is 0.605. The zero-order valence-electron chi connectivity index (χ0n) is 22.2. The molecule has 196 valence electrons. The van der Waals surface area contributed by atoms with Crippen molar-refractivity contribution in [3.8, 4) is 11.5 Å². The van der Waals surface area contributed by atoms with Crippen LogP contribution in [0.2, 0.25) is 0 Å². The van der Waals surface area contributed by atoms with Crippen LogP contribution in [0.25, 0.3) is 0 Å². The summed E-state index contributed by atoms with van der Waals surface area (Å²) in [6, 6.07) is 21.5. The highest BCUT2D eigenvalue weighted by Gasteiger charge is 2.36. The van der Waals surface area contributed by atoms with Gasteiger partial charge in [0.05, 0.1) is 24.0 Å². The van der Waals surface area contributed by atoms with E-state index in [2.05, 4.69) is 39.8 Å². The number of fused-ring (bicyclic) bond motifs is 1. The molecule has 1 aliphatic heterocycles. The number of rotatable bonds is 6. The fourth-order valence-corrected chi connectivity index (χ4v) is 5.23. The first-order valence-corrected chi connectivity index (χ1v) is 12.9. The van der Waals surface area contributed by atoms with Crippen molar-refractivity contribution in [1.82, 2.24) is 0 Å². The highest BCUT2D eigenvalue weighted by Crippen LogP contribution is 2.45. The third-order valence-corrected chi connectivity index (χ3v) is 7.04. The molecule has 2 N–H and O–H groups in total. The summed E-state index contributed by atoms with van der Waals surface area (Å²) in [5.41, 5.74) is 6.64. The van der Waals surface area contributed by atoms with E-state index in [1.807, 2.05) is 57.4 Å². The Morgan fingerprint density at radius 2 is 1.66 bits per heavy atom. The first kappa shape index (κ1) is 25.4. The van der Waals surface area contributed by atoms with E-state index in [4.69, 9.17) is 9.47 Å². The van der Waals surface area contributed by atoms with E-state index in [1.165, 1.54) is 6.92 Å². The van der Waals surface area contributed by atoms with Gasteiger partial charge < -0.3 is 25.0 Å². The smallest absolute Gasteiger partial charge is 0.308 e. The first-order valence-electron chi connectivity index (χ1n) is 12.9. The van der Waals surface area contributed by atoms with Crippen LogP contribution in [0, 0.1) is 0 Å². The molecule has 0 bridgehead atoms. The van der Waals surface area contributed by atoms with Crippen LogP contribution < -0.4 is 25.0 Å². The lowest BCUT2D eigenvalue weighted by Gasteiger charge is -2.30. The highest BCUT2D eigenvalue weighted by atomic mass is 16.6. The number of ether oxygens (including phenoxy) is 2. The molecule has 38 heavy (non-hydrogen) atoms. The number of benzene rings is 3. The van der Waals surface area contributed by atoms with Crippen LogP contribution >= 0.6 is 0 Å². The van der Waals surface area contributed by atoms with Crippen LogP contribution in [-0.2, 0) is 9.59 Å². The Labute approximate surface area is 223 Å². The second-order valence-corrected chi connectivity index (χ2v) is 9.89. The lowest BCUT2D eigenvalue weighted by Crippen LogP contribution is -2.27. The number of hydrogen-bond acceptors (Lipinski definition) is 7. The van der Waals surface area contributed by atoms with Gasteiger partial charge in [-0.2, -0.15) is 0 Å². The minimum absolute atomic E-state index is 0.0844. The Morgan fingerprint density at radius 3 is 2.34 bits per heavy atom. The molecular weight excluding hydrogens is 478 g/mol. The summed E-state index contributed by atoms with van der Waals surface area (Å²) in [4.78, 5) is 27.5. The fourth-order valence-electron chi connectivity index (χ4n) is 5.23. The SMILES string of the molecule is CCOc1cc(C2Nc3ccccc3NC3=C2C(=O)CC(c2ccc(N(C)C)cc2)C3)ccc1OC(C)=O. The largest absolute Gasteiger partial charge is 0.490 e. The molecular formula is C31H33N3O4. The van der Waals surface area contributed by atoms with Gasteiger partial charge in [0.2, 0.25) is 0 Å². The molecule has 0 spiro atoms. The Morgan fingerprint density at radius 1 is 0.947 bits per heavy atom. The van der Waals surface area contributed by atoms with Gasteiger partial charge in [0, 0.05) is 44.4 Å². The van der Waals surface area contributed by atoms with Crippen molar-refractivity contribution < 1.29 is 19.1 Å². The van der Waals surface area contributed by atoms with Crippen molar-refractivity contribution in [2.75, 3.05) is 36.2 Å². The van der Waals surface area contributed by atoms with Crippen molar-refractivity contribution in [2.45, 2.75) is 38.6 Å². The van der Waals surface area contributed by atoms with Gasteiger partial charge in [-0.05, 0) is 66.8 Å². The molecule has 0 amide bonds. The van der Waals surface area contributed by atoms with Crippen molar-refractivity contribution in [1.29, 1.82) is 0 Å². The molecule has 3 aromatic carbocycles. The number of anilines is 3. The van der Waals surface area contributed by atoms with Crippen LogP contribution in [0.15, 0.2) is 78.0 Å². The molecule has 0 fully saturated rings. The van der Waals surface area contributed by atoms with Crippen LogP contribution in [0.3, 0.4) is 0 Å². The van der Waals surface area contributed by atoms with Crippen LogP contribution in [0.1, 0.15) is 49.8 Å². The van der Waals surface area contributed by atoms with Gasteiger partial charge in [0.25, 0.3) is 0 Å². The van der Waals surface area contributed by atoms with Crippen molar-refractivity contribution in [3.63, 3.8) is 0 Å². The Bertz CT molecular complexity index is 1390. The molecule has 3 aromatic rings. The molecule has 2 unspecified atom stereocenters. The highest BCUT2D eigenvalue weighted by molar-refractivity contribution is 6.01. The second-order valence-electron chi connectivity index (χ2n) is 9.89. The molecule has 2 aliphatic rings. The lowest BCUT2D eigenvalue weighted by molar-refractivity contribution is -0.132. The first-order chi connectivity index (χ1) is 18.3. The quantitative estimate of drug-likeness (QED) is 0.308. The average molecular weight is 512 g/mol. The van der Waals surface area contributed by atoms with Gasteiger partial charge >= 0.3 is 5.97 Å². The number of nitrogens with zero attached hydrogens (tertiary/aromatic N) is 1. The molecule has 0 saturated carbocycles. The van der Waals surface area contributed by atoms with Gasteiger partial charge in [-0.1, -0.05) is 30.3 Å². The van der Waals surface area contributed by atoms with E-state index in [0.29, 0.717) is 24.5 Å². The Kier molecular flexibility index (Phi) is 7.09. The third kappa shape index (κ3) is 5.09. The summed E-state index contributed by atoms with van der Waals surface area (Å²) in [6.07, 6.45) is 1.15. The number of hydrogen-bond donors (Lipinski definition) is 2. The van der Waals surface area contributed by atoms with E-state index in [0.717, 1.165) is 45.9 Å². The number of ketones is 1. The summed E-state index contributed by atoms with van der Waals surface area (Å²) in [7, 11) is 4.04. The average Bonchev–Trinajstić information content (AvgIpc) is 3.06. The van der Waals surface area contributed by atoms with Crippen LogP contribution in [0.4, 0.5) is 17.1 Å². The van der Waals surface area contributed by atoms with Crippen LogP contribution in [-0.4, -0.2) is 32.5 Å². The predicted molar refractivity (Wildman–Crippen MR) is 150 cm³/mol. The van der Waals surface area contributed by atoms with E-state index < -0.39 is 12.0 Å². The second kappa shape index (κ2) is 10.6. The molecule has 0 radical (unpaired) electrons. The van der Waals surface area contributed by atoms with E-state index in [9.17, 15) is 9.59 Å². The molecule has 0 saturated heterocycles. The van der Waals surface area contributed by atoms with Crippen molar-refractivity contribution in [3.05, 3.63) is 89.1 Å². The minimum Gasteiger partial charge on any atom is -0.490 e. The van der Waals surface area contributed by atoms with E-state index in [-0.39, 0.29) is 11.7 Å². The van der Waals surface area contributed by atoms with Crippen molar-refractivity contribution in [2.24, 2.45) is 0 Å². The molecule has 0 aromatic heterocycles. The maximum absolute atomic E-state index is 13.9. The number of Topliss-reactive ketones (excluding diaryl/α,β-unsaturated/α-hetero) is 1. The van der Waals surface area contributed by atoms with E-state index >= 15 is 0 Å². The number of para-hydroxylation sites is 2. The molecule has 7 heteroatoms. The summed E-state index contributed by atoms with van der Waals surface area (Å²) >= 11 is 0. The normalized spacial score (nSPS) is 18.4. The van der Waals surface area contributed by atoms with Crippen molar-refractivity contribution >= 4 is 28.8 Å². The topological polar surface area (TPSA) is 79.9 Å². The lowest BCUT2D eigenvalue weighted by atomic mass is 9.78. The Balaban J connectivity index is 1.56. The molecule has 1 aliphatic carbocycles. The van der Waals surface area contributed by atoms with Gasteiger partial charge in [0.15, 0.2) is 17.3 Å². The summed E-state index contributed by atoms with van der Waals surface area (Å²) < 4.78 is 11.2.